The van der Waals surface area contributed by atoms with Crippen molar-refractivity contribution < 1.29 is 14.0 Å². The Morgan fingerprint density at radius 1 is 1.04 bits per heavy atom. The van der Waals surface area contributed by atoms with Crippen LogP contribution in [-0.4, -0.2) is 38.9 Å². The molecule has 0 radical (unpaired) electrons. The molecule has 234 valence electrons. The van der Waals surface area contributed by atoms with E-state index in [0.29, 0.717) is 44.4 Å². The van der Waals surface area contributed by atoms with Gasteiger partial charge < -0.3 is 14.8 Å². The maximum Gasteiger partial charge on any atom is 0.271 e. The van der Waals surface area contributed by atoms with Gasteiger partial charge in [0.05, 0.1) is 21.8 Å². The number of thiazole rings is 1. The third kappa shape index (κ3) is 5.93. The number of carbonyl (C=O) groups excluding carboxylic acids is 2. The number of likely N-dealkylation sites (N-methyl/N-ethyl adjacent to an activating group) is 1. The Kier molecular flexibility index (Phi) is 8.75. The zero-order valence-electron chi connectivity index (χ0n) is 25.5. The molecule has 1 aliphatic rings. The molecule has 1 atom stereocenters. The Hall–Kier alpha value is -4.80. The van der Waals surface area contributed by atoms with E-state index >= 15 is 0 Å². The van der Waals surface area contributed by atoms with Crippen LogP contribution < -0.4 is 20.2 Å². The van der Waals surface area contributed by atoms with Crippen LogP contribution in [0.25, 0.3) is 17.0 Å². The predicted octanol–water partition coefficient (Wildman–Crippen LogP) is 5.49. The third-order valence-electron chi connectivity index (χ3n) is 8.04. The summed E-state index contributed by atoms with van der Waals surface area (Å²) >= 11 is 7.46. The van der Waals surface area contributed by atoms with E-state index in [1.54, 1.807) is 28.5 Å². The van der Waals surface area contributed by atoms with Crippen molar-refractivity contribution in [1.82, 2.24) is 14.0 Å². The topological polar surface area (TPSA) is 88.7 Å². The van der Waals surface area contributed by atoms with Crippen molar-refractivity contribution in [2.75, 3.05) is 18.4 Å². The summed E-state index contributed by atoms with van der Waals surface area (Å²) in [5, 5.41) is 4.22. The number of rotatable bonds is 8. The smallest absolute Gasteiger partial charge is 0.271 e. The summed E-state index contributed by atoms with van der Waals surface area (Å²) in [7, 11) is 0. The molecule has 8 nitrogen and oxygen atoms in total. The average molecular weight is 656 g/mol. The lowest BCUT2D eigenvalue weighted by atomic mass is 9.94. The first-order valence-corrected chi connectivity index (χ1v) is 16.1. The van der Waals surface area contributed by atoms with E-state index in [9.17, 15) is 18.8 Å². The number of anilines is 1. The minimum Gasteiger partial charge on any atom is -0.339 e. The van der Waals surface area contributed by atoms with Crippen LogP contribution in [0, 0.1) is 5.82 Å². The van der Waals surface area contributed by atoms with E-state index in [1.165, 1.54) is 35.6 Å². The van der Waals surface area contributed by atoms with E-state index in [4.69, 9.17) is 16.6 Å². The quantitative estimate of drug-likeness (QED) is 0.240. The summed E-state index contributed by atoms with van der Waals surface area (Å²) in [6.07, 6.45) is 3.65. The zero-order chi connectivity index (χ0) is 32.5. The number of carbonyl (C=O) groups is 2. The third-order valence-corrected chi connectivity index (χ3v) is 9.27. The molecule has 3 heterocycles. The molecule has 6 rings (SSSR count). The molecule has 5 aromatic rings. The van der Waals surface area contributed by atoms with Crippen LogP contribution in [0.3, 0.4) is 0 Å². The number of benzene rings is 3. The van der Waals surface area contributed by atoms with Gasteiger partial charge in [-0.05, 0) is 74.9 Å². The van der Waals surface area contributed by atoms with E-state index < -0.39 is 6.04 Å². The molecule has 11 heteroatoms. The molecular weight excluding hydrogens is 625 g/mol. The fourth-order valence-corrected chi connectivity index (χ4v) is 6.95. The van der Waals surface area contributed by atoms with E-state index in [-0.39, 0.29) is 29.7 Å². The Morgan fingerprint density at radius 3 is 2.43 bits per heavy atom. The van der Waals surface area contributed by atoms with Crippen LogP contribution in [-0.2, 0) is 16.1 Å². The van der Waals surface area contributed by atoms with Crippen molar-refractivity contribution in [3.8, 4) is 0 Å². The highest BCUT2D eigenvalue weighted by Gasteiger charge is 2.34. The molecule has 46 heavy (non-hydrogen) atoms. The average Bonchev–Trinajstić information content (AvgIpc) is 3.54. The fourth-order valence-electron chi connectivity index (χ4n) is 5.79. The van der Waals surface area contributed by atoms with Crippen LogP contribution in [0.4, 0.5) is 10.1 Å². The van der Waals surface area contributed by atoms with Crippen LogP contribution in [0.5, 0.6) is 0 Å². The molecule has 2 amide bonds. The summed E-state index contributed by atoms with van der Waals surface area (Å²) in [5.41, 5.74) is 3.57. The summed E-state index contributed by atoms with van der Waals surface area (Å²) < 4.78 is 17.2. The normalized spacial score (nSPS) is 14.7. The predicted molar refractivity (Wildman–Crippen MR) is 180 cm³/mol. The second-order valence-electron chi connectivity index (χ2n) is 10.9. The number of hydrogen-bond donors (Lipinski definition) is 1. The van der Waals surface area contributed by atoms with Gasteiger partial charge in [0.1, 0.15) is 12.4 Å². The maximum atomic E-state index is 14.2. The molecule has 1 N–H and O–H groups in total. The first kappa shape index (κ1) is 31.2. The van der Waals surface area contributed by atoms with Crippen LogP contribution in [0.2, 0.25) is 5.02 Å². The van der Waals surface area contributed by atoms with Crippen molar-refractivity contribution in [3.05, 3.63) is 132 Å². The van der Waals surface area contributed by atoms with Gasteiger partial charge in [0.2, 0.25) is 5.91 Å². The van der Waals surface area contributed by atoms with Gasteiger partial charge in [-0.3, -0.25) is 19.0 Å². The van der Waals surface area contributed by atoms with Gasteiger partial charge in [-0.15, -0.1) is 0 Å². The largest absolute Gasteiger partial charge is 0.339 e. The number of fused-ring (bicyclic) bond motifs is 2. The van der Waals surface area contributed by atoms with Crippen molar-refractivity contribution in [2.45, 2.75) is 33.4 Å². The Labute approximate surface area is 273 Å². The Balaban J connectivity index is 1.44. The molecule has 0 aliphatic carbocycles. The maximum absolute atomic E-state index is 14.2. The molecular formula is C35H31ClFN5O3S. The van der Waals surface area contributed by atoms with E-state index in [0.717, 1.165) is 22.0 Å². The first-order valence-electron chi connectivity index (χ1n) is 14.9. The second-order valence-corrected chi connectivity index (χ2v) is 12.3. The molecule has 0 spiro atoms. The van der Waals surface area contributed by atoms with E-state index in [1.807, 2.05) is 67.1 Å². The number of amides is 2. The van der Waals surface area contributed by atoms with Gasteiger partial charge in [0, 0.05) is 46.5 Å². The molecule has 1 aliphatic heterocycles. The van der Waals surface area contributed by atoms with Gasteiger partial charge in [-0.1, -0.05) is 53.3 Å². The molecule has 2 aromatic heterocycles. The Morgan fingerprint density at radius 2 is 1.74 bits per heavy atom. The highest BCUT2D eigenvalue weighted by atomic mass is 35.5. The molecule has 0 fully saturated rings. The van der Waals surface area contributed by atoms with Gasteiger partial charge in [0.25, 0.3) is 11.5 Å². The van der Waals surface area contributed by atoms with Crippen LogP contribution in [0.15, 0.2) is 100 Å². The highest BCUT2D eigenvalue weighted by molar-refractivity contribution is 7.07. The number of nitrogens with zero attached hydrogens (tertiary/aromatic N) is 4. The summed E-state index contributed by atoms with van der Waals surface area (Å²) in [6, 6.07) is 19.7. The van der Waals surface area contributed by atoms with Gasteiger partial charge in [-0.25, -0.2) is 9.38 Å². The minimum absolute atomic E-state index is 0.0135. The molecule has 0 saturated carbocycles. The standard InChI is InChI=1S/C35H31ClFN5O3S/c1-4-40(5-2)34(45)31-21(3)38-35-42(32(31)22-10-12-24(36)13-11-22)33(44)29(46-35)18-23-19-41(28-9-7-6-8-27(23)28)20-30(43)39-26-16-14-25(37)15-17-26/h6-19,32H,4-5,20H2,1-3H3,(H,39,43)/b29-18+/t32-/m0/s1. The fraction of sp³-hybridized carbons (Fsp3) is 0.200. The van der Waals surface area contributed by atoms with Crippen molar-refractivity contribution in [2.24, 2.45) is 4.99 Å². The number of halogens is 2. The number of para-hydroxylation sites is 1. The number of aromatic nitrogens is 2. The monoisotopic (exact) mass is 655 g/mol. The van der Waals surface area contributed by atoms with Crippen molar-refractivity contribution >= 4 is 57.4 Å². The molecule has 0 saturated heterocycles. The number of hydrogen-bond acceptors (Lipinski definition) is 5. The number of nitrogens with one attached hydrogen (secondary N) is 1. The molecule has 3 aromatic carbocycles. The van der Waals surface area contributed by atoms with Crippen molar-refractivity contribution in [1.29, 1.82) is 0 Å². The zero-order valence-corrected chi connectivity index (χ0v) is 27.0. The van der Waals surface area contributed by atoms with Crippen LogP contribution >= 0.6 is 22.9 Å². The number of allylic oxidation sites excluding steroid dienone is 1. The lowest BCUT2D eigenvalue weighted by molar-refractivity contribution is -0.127. The van der Waals surface area contributed by atoms with Gasteiger partial charge in [0.15, 0.2) is 4.80 Å². The SMILES string of the molecule is CCN(CC)C(=O)C1=C(C)N=c2s/c(=C/c3cn(CC(=O)Nc4ccc(F)cc4)c4ccccc34)c(=O)n2[C@H]1c1ccc(Cl)cc1. The van der Waals surface area contributed by atoms with Crippen LogP contribution in [0.1, 0.15) is 37.9 Å². The summed E-state index contributed by atoms with van der Waals surface area (Å²) in [5.74, 6) is -0.824. The summed E-state index contributed by atoms with van der Waals surface area (Å²) in [6.45, 7) is 6.71. The Bertz CT molecular complexity index is 2180. The van der Waals surface area contributed by atoms with Crippen molar-refractivity contribution in [3.63, 3.8) is 0 Å². The second kappa shape index (κ2) is 12.9. The molecule has 0 unspecified atom stereocenters. The van der Waals surface area contributed by atoms with Gasteiger partial charge >= 0.3 is 0 Å². The molecule has 0 bridgehead atoms. The first-order chi connectivity index (χ1) is 22.2. The minimum atomic E-state index is -0.680. The lowest BCUT2D eigenvalue weighted by Gasteiger charge is -2.29. The van der Waals surface area contributed by atoms with Gasteiger partial charge in [-0.2, -0.15) is 0 Å². The lowest BCUT2D eigenvalue weighted by Crippen LogP contribution is -2.43. The summed E-state index contributed by atoms with van der Waals surface area (Å²) in [4.78, 5) is 47.9. The highest BCUT2D eigenvalue weighted by Crippen LogP contribution is 2.32. The van der Waals surface area contributed by atoms with E-state index in [2.05, 4.69) is 5.32 Å².